The molecule has 4 rings (SSSR count). The second-order valence-electron chi connectivity index (χ2n) is 7.10. The van der Waals surface area contributed by atoms with E-state index in [0.29, 0.717) is 0 Å². The van der Waals surface area contributed by atoms with Crippen LogP contribution < -0.4 is 5.32 Å². The zero-order valence-electron chi connectivity index (χ0n) is 14.0. The molecule has 2 fully saturated rings. The van der Waals surface area contributed by atoms with Gasteiger partial charge in [0.2, 0.25) is 5.91 Å². The number of hydrogen-bond acceptors (Lipinski definition) is 4. The monoisotopic (exact) mass is 341 g/mol. The van der Waals surface area contributed by atoms with Crippen molar-refractivity contribution in [3.05, 3.63) is 52.0 Å². The minimum Gasteiger partial charge on any atom is -0.350 e. The first kappa shape index (κ1) is 15.8. The summed E-state index contributed by atoms with van der Waals surface area (Å²) in [6, 6.07) is 8.37. The Hall–Kier alpha value is -1.72. The molecule has 24 heavy (non-hydrogen) atoms. The summed E-state index contributed by atoms with van der Waals surface area (Å²) in [4.78, 5) is 22.0. The van der Waals surface area contributed by atoms with Gasteiger partial charge in [-0.3, -0.25) is 14.7 Å². The van der Waals surface area contributed by atoms with Crippen molar-refractivity contribution in [2.24, 2.45) is 0 Å². The van der Waals surface area contributed by atoms with E-state index >= 15 is 0 Å². The highest BCUT2D eigenvalue weighted by Gasteiger charge is 2.46. The number of carbonyl (C=O) groups is 1. The van der Waals surface area contributed by atoms with Gasteiger partial charge in [-0.25, -0.2) is 0 Å². The fraction of sp³-hybridized carbons (Fsp3) is 0.474. The van der Waals surface area contributed by atoms with Gasteiger partial charge in [0, 0.05) is 47.3 Å². The first-order valence-corrected chi connectivity index (χ1v) is 9.45. The molecule has 2 aliphatic rings. The zero-order valence-corrected chi connectivity index (χ0v) is 14.8. The van der Waals surface area contributed by atoms with E-state index in [1.807, 2.05) is 29.7 Å². The predicted octanol–water partition coefficient (Wildman–Crippen LogP) is 3.09. The number of carbonyl (C=O) groups excluding carboxylic acids is 1. The second-order valence-corrected chi connectivity index (χ2v) is 8.47. The van der Waals surface area contributed by atoms with Gasteiger partial charge >= 0.3 is 0 Å². The number of pyridine rings is 1. The van der Waals surface area contributed by atoms with Gasteiger partial charge in [-0.15, -0.1) is 11.3 Å². The van der Waals surface area contributed by atoms with Crippen LogP contribution in [0.1, 0.15) is 40.5 Å². The van der Waals surface area contributed by atoms with Crippen molar-refractivity contribution in [1.82, 2.24) is 15.2 Å². The maximum absolute atomic E-state index is 12.5. The van der Waals surface area contributed by atoms with Crippen LogP contribution in [0.5, 0.6) is 0 Å². The number of aryl methyl sites for hydroxylation is 1. The molecule has 1 atom stereocenters. The number of nitrogens with one attached hydrogen (secondary N) is 1. The molecule has 0 unspecified atom stereocenters. The molecule has 0 aliphatic carbocycles. The minimum atomic E-state index is -0.0369. The molecule has 0 aromatic carbocycles. The molecular formula is C19H23N3OS. The number of amides is 1. The SMILES string of the molecule is Cc1ccc(CN2CCC3(CC2)C[C@@H](c2cccnc2)C(=O)N3)s1. The lowest BCUT2D eigenvalue weighted by Gasteiger charge is -2.39. The molecule has 5 heteroatoms. The molecule has 2 aliphatic heterocycles. The Balaban J connectivity index is 1.39. The highest BCUT2D eigenvalue weighted by Crippen LogP contribution is 2.39. The van der Waals surface area contributed by atoms with Crippen LogP contribution in [0.25, 0.3) is 0 Å². The summed E-state index contributed by atoms with van der Waals surface area (Å²) in [5.74, 6) is 0.135. The highest BCUT2D eigenvalue weighted by atomic mass is 32.1. The number of piperidine rings is 1. The summed E-state index contributed by atoms with van der Waals surface area (Å²) in [6.45, 7) is 5.30. The summed E-state index contributed by atoms with van der Waals surface area (Å²) >= 11 is 1.88. The average Bonchev–Trinajstić information content (AvgIpc) is 3.14. The summed E-state index contributed by atoms with van der Waals surface area (Å²) < 4.78 is 0. The number of likely N-dealkylation sites (tertiary alicyclic amines) is 1. The molecule has 126 valence electrons. The number of nitrogens with zero attached hydrogens (tertiary/aromatic N) is 2. The number of thiophene rings is 1. The normalized spacial score (nSPS) is 23.5. The van der Waals surface area contributed by atoms with E-state index in [1.54, 1.807) is 6.20 Å². The maximum Gasteiger partial charge on any atom is 0.228 e. The van der Waals surface area contributed by atoms with E-state index in [2.05, 4.69) is 34.3 Å². The molecular weight excluding hydrogens is 318 g/mol. The molecule has 1 spiro atoms. The van der Waals surface area contributed by atoms with Gasteiger partial charge in [0.25, 0.3) is 0 Å². The van der Waals surface area contributed by atoms with E-state index < -0.39 is 0 Å². The third-order valence-electron chi connectivity index (χ3n) is 5.38. The summed E-state index contributed by atoms with van der Waals surface area (Å²) in [5.41, 5.74) is 1.03. The lowest BCUT2D eigenvalue weighted by Crippen LogP contribution is -2.50. The van der Waals surface area contributed by atoms with Crippen molar-refractivity contribution in [3.63, 3.8) is 0 Å². The van der Waals surface area contributed by atoms with Crippen molar-refractivity contribution < 1.29 is 4.79 Å². The van der Waals surface area contributed by atoms with Crippen LogP contribution in [-0.4, -0.2) is 34.4 Å². The smallest absolute Gasteiger partial charge is 0.228 e. The van der Waals surface area contributed by atoms with Crippen LogP contribution >= 0.6 is 11.3 Å². The van der Waals surface area contributed by atoms with E-state index in [4.69, 9.17) is 0 Å². The lowest BCUT2D eigenvalue weighted by atomic mass is 9.82. The Morgan fingerprint density at radius 2 is 2.17 bits per heavy atom. The molecule has 2 saturated heterocycles. The third kappa shape index (κ3) is 3.10. The zero-order chi connectivity index (χ0) is 16.6. The van der Waals surface area contributed by atoms with Crippen molar-refractivity contribution in [2.45, 2.75) is 44.2 Å². The number of rotatable bonds is 3. The standard InChI is InChI=1S/C19H23N3OS/c1-14-4-5-16(24-14)13-22-9-6-19(7-10-22)11-17(18(23)21-19)15-3-2-8-20-12-15/h2-5,8,12,17H,6-7,9-11,13H2,1H3,(H,21,23)/t17-/m0/s1. The molecule has 2 aromatic rings. The summed E-state index contributed by atoms with van der Waals surface area (Å²) in [5, 5.41) is 3.32. The predicted molar refractivity (Wildman–Crippen MR) is 96.0 cm³/mol. The molecule has 2 aromatic heterocycles. The second kappa shape index (κ2) is 6.30. The van der Waals surface area contributed by atoms with Gasteiger partial charge in [-0.1, -0.05) is 6.07 Å². The Labute approximate surface area is 146 Å². The van der Waals surface area contributed by atoms with Crippen LogP contribution in [0, 0.1) is 6.92 Å². The Bertz CT molecular complexity index is 719. The van der Waals surface area contributed by atoms with Gasteiger partial charge in [-0.2, -0.15) is 0 Å². The van der Waals surface area contributed by atoms with Gasteiger partial charge < -0.3 is 5.32 Å². The minimum absolute atomic E-state index is 0.0144. The molecule has 0 saturated carbocycles. The third-order valence-corrected chi connectivity index (χ3v) is 6.36. The van der Waals surface area contributed by atoms with E-state index in [1.165, 1.54) is 9.75 Å². The van der Waals surface area contributed by atoms with Crippen LogP contribution in [0.3, 0.4) is 0 Å². The molecule has 1 amide bonds. The van der Waals surface area contributed by atoms with Gasteiger partial charge in [0.15, 0.2) is 0 Å². The quantitative estimate of drug-likeness (QED) is 0.933. The fourth-order valence-corrected chi connectivity index (χ4v) is 4.93. The van der Waals surface area contributed by atoms with Crippen molar-refractivity contribution in [1.29, 1.82) is 0 Å². The van der Waals surface area contributed by atoms with E-state index in [-0.39, 0.29) is 17.4 Å². The van der Waals surface area contributed by atoms with Crippen LogP contribution in [0.15, 0.2) is 36.7 Å². The fourth-order valence-electron chi connectivity index (χ4n) is 3.99. The van der Waals surface area contributed by atoms with Crippen LogP contribution in [-0.2, 0) is 11.3 Å². The largest absolute Gasteiger partial charge is 0.350 e. The van der Waals surface area contributed by atoms with Crippen molar-refractivity contribution in [3.8, 4) is 0 Å². The van der Waals surface area contributed by atoms with E-state index in [9.17, 15) is 4.79 Å². The number of aromatic nitrogens is 1. The average molecular weight is 341 g/mol. The summed E-state index contributed by atoms with van der Waals surface area (Å²) in [6.07, 6.45) is 6.58. The topological polar surface area (TPSA) is 45.2 Å². The van der Waals surface area contributed by atoms with Gasteiger partial charge in [0.05, 0.1) is 5.92 Å². The van der Waals surface area contributed by atoms with Gasteiger partial charge in [-0.05, 0) is 49.9 Å². The Morgan fingerprint density at radius 1 is 1.33 bits per heavy atom. The maximum atomic E-state index is 12.5. The molecule has 4 heterocycles. The van der Waals surface area contributed by atoms with E-state index in [0.717, 1.165) is 44.5 Å². The summed E-state index contributed by atoms with van der Waals surface area (Å²) in [7, 11) is 0. The molecule has 1 N–H and O–H groups in total. The number of hydrogen-bond donors (Lipinski definition) is 1. The highest BCUT2D eigenvalue weighted by molar-refractivity contribution is 7.11. The first-order chi connectivity index (χ1) is 11.6. The van der Waals surface area contributed by atoms with Crippen molar-refractivity contribution >= 4 is 17.2 Å². The lowest BCUT2D eigenvalue weighted by molar-refractivity contribution is -0.121. The van der Waals surface area contributed by atoms with Crippen LogP contribution in [0.2, 0.25) is 0 Å². The Kier molecular flexibility index (Phi) is 4.14. The van der Waals surface area contributed by atoms with Crippen LogP contribution in [0.4, 0.5) is 0 Å². The first-order valence-electron chi connectivity index (χ1n) is 8.63. The molecule has 4 nitrogen and oxygen atoms in total. The molecule has 0 bridgehead atoms. The van der Waals surface area contributed by atoms with Crippen molar-refractivity contribution in [2.75, 3.05) is 13.1 Å². The molecule has 0 radical (unpaired) electrons. The van der Waals surface area contributed by atoms with Gasteiger partial charge in [0.1, 0.15) is 0 Å². The Morgan fingerprint density at radius 3 is 2.83 bits per heavy atom.